The summed E-state index contributed by atoms with van der Waals surface area (Å²) in [6.45, 7) is 8.52. The van der Waals surface area contributed by atoms with E-state index < -0.39 is 8.32 Å². The Kier molecular flexibility index (Phi) is 6.65. The molecule has 0 heterocycles. The van der Waals surface area contributed by atoms with Crippen LogP contribution in [-0.2, 0) is 4.43 Å². The number of benzene rings is 3. The van der Waals surface area contributed by atoms with Crippen LogP contribution < -0.4 is 10.4 Å². The van der Waals surface area contributed by atoms with Crippen molar-refractivity contribution in [1.29, 1.82) is 0 Å². The summed E-state index contributed by atoms with van der Waals surface area (Å²) >= 11 is 0. The summed E-state index contributed by atoms with van der Waals surface area (Å²) in [7, 11) is -2.62. The fourth-order valence-electron chi connectivity index (χ4n) is 3.17. The van der Waals surface area contributed by atoms with Crippen LogP contribution in [0.4, 0.5) is 0 Å². The van der Waals surface area contributed by atoms with Crippen LogP contribution in [0.5, 0.6) is 0 Å². The van der Waals surface area contributed by atoms with Gasteiger partial charge >= 0.3 is 0 Å². The zero-order chi connectivity index (χ0) is 19.8. The summed E-state index contributed by atoms with van der Waals surface area (Å²) in [4.78, 5) is 0. The van der Waals surface area contributed by atoms with Gasteiger partial charge in [-0.15, -0.1) is 6.58 Å². The molecule has 0 N–H and O–H groups in total. The van der Waals surface area contributed by atoms with Crippen molar-refractivity contribution in [2.45, 2.75) is 20.0 Å². The maximum absolute atomic E-state index is 6.89. The van der Waals surface area contributed by atoms with Crippen molar-refractivity contribution in [3.05, 3.63) is 109 Å². The van der Waals surface area contributed by atoms with Gasteiger partial charge in [-0.3, -0.25) is 0 Å². The zero-order valence-corrected chi connectivity index (χ0v) is 17.5. The molecule has 0 amide bonds. The van der Waals surface area contributed by atoms with Gasteiger partial charge in [0.25, 0.3) is 8.32 Å². The van der Waals surface area contributed by atoms with Crippen molar-refractivity contribution in [1.82, 2.24) is 0 Å². The van der Waals surface area contributed by atoms with Crippen LogP contribution in [0.3, 0.4) is 0 Å². The Labute approximate surface area is 169 Å². The Balaban J connectivity index is 2.05. The molecule has 140 valence electrons. The van der Waals surface area contributed by atoms with Crippen molar-refractivity contribution >= 4 is 18.7 Å². The number of rotatable bonds is 6. The Hall–Kier alpha value is -2.86. The highest BCUT2D eigenvalue weighted by Crippen LogP contribution is 2.17. The third kappa shape index (κ3) is 4.51. The van der Waals surface area contributed by atoms with E-state index >= 15 is 0 Å². The van der Waals surface area contributed by atoms with E-state index in [9.17, 15) is 0 Å². The van der Waals surface area contributed by atoms with Crippen LogP contribution in [0, 0.1) is 17.8 Å². The molecule has 0 aliphatic heterocycles. The molecule has 3 aromatic rings. The number of hydrogen-bond acceptors (Lipinski definition) is 1. The molecule has 0 spiro atoms. The van der Waals surface area contributed by atoms with Gasteiger partial charge in [0.2, 0.25) is 0 Å². The van der Waals surface area contributed by atoms with E-state index in [2.05, 4.69) is 80.8 Å². The van der Waals surface area contributed by atoms with E-state index in [1.54, 1.807) is 0 Å². The zero-order valence-electron chi connectivity index (χ0n) is 16.5. The Morgan fingerprint density at radius 1 is 0.786 bits per heavy atom. The molecular weight excluding hydrogens is 356 g/mol. The summed E-state index contributed by atoms with van der Waals surface area (Å²) in [5.74, 6) is 6.93. The van der Waals surface area contributed by atoms with Crippen molar-refractivity contribution in [2.24, 2.45) is 5.92 Å². The second kappa shape index (κ2) is 9.37. The third-order valence-corrected chi connectivity index (χ3v) is 8.33. The minimum absolute atomic E-state index is 0.190. The van der Waals surface area contributed by atoms with E-state index in [1.807, 2.05) is 48.2 Å². The molecule has 0 saturated carbocycles. The summed E-state index contributed by atoms with van der Waals surface area (Å²) in [5, 5.41) is 2.37. The lowest BCUT2D eigenvalue weighted by atomic mass is 10.1. The molecule has 3 rings (SSSR count). The van der Waals surface area contributed by atoms with E-state index in [1.165, 1.54) is 10.4 Å². The average molecular weight is 383 g/mol. The second-order valence-electron chi connectivity index (χ2n) is 7.09. The summed E-state index contributed by atoms with van der Waals surface area (Å²) < 4.78 is 6.89. The molecule has 1 nitrogen and oxygen atoms in total. The second-order valence-corrected chi connectivity index (χ2v) is 10.4. The Bertz CT molecular complexity index is 898. The maximum atomic E-state index is 6.89. The number of hydrogen-bond donors (Lipinski definition) is 0. The van der Waals surface area contributed by atoms with Gasteiger partial charge < -0.3 is 4.43 Å². The summed E-state index contributed by atoms with van der Waals surface area (Å²) in [5.41, 5.74) is 3.03. The average Bonchev–Trinajstić information content (AvgIpc) is 2.76. The SMILES string of the molecule is C=C[Si](OC(C#Cc1ccccc1)C(C)C)(c1ccccc1)c1ccccc1. The molecule has 0 saturated heterocycles. The van der Waals surface area contributed by atoms with Crippen LogP contribution >= 0.6 is 0 Å². The van der Waals surface area contributed by atoms with Crippen molar-refractivity contribution in [3.63, 3.8) is 0 Å². The summed E-state index contributed by atoms with van der Waals surface area (Å²) in [6, 6.07) is 30.9. The third-order valence-electron chi connectivity index (χ3n) is 4.74. The highest BCUT2D eigenvalue weighted by molar-refractivity contribution is 7.01. The fraction of sp³-hybridized carbons (Fsp3) is 0.154. The molecule has 0 aliphatic carbocycles. The first-order valence-electron chi connectivity index (χ1n) is 9.65. The molecule has 28 heavy (non-hydrogen) atoms. The first-order chi connectivity index (χ1) is 13.7. The first kappa shape index (κ1) is 19.9. The van der Waals surface area contributed by atoms with Crippen LogP contribution in [0.25, 0.3) is 0 Å². The lowest BCUT2D eigenvalue weighted by Crippen LogP contribution is -2.61. The Morgan fingerprint density at radius 3 is 1.68 bits per heavy atom. The molecule has 0 fully saturated rings. The normalized spacial score (nSPS) is 12.1. The molecule has 3 aromatic carbocycles. The highest BCUT2D eigenvalue weighted by atomic mass is 28.4. The fourth-order valence-corrected chi connectivity index (χ4v) is 6.45. The van der Waals surface area contributed by atoms with Crippen LogP contribution in [0.15, 0.2) is 103 Å². The van der Waals surface area contributed by atoms with Gasteiger partial charge in [-0.25, -0.2) is 0 Å². The molecular formula is C26H26OSi. The lowest BCUT2D eigenvalue weighted by molar-refractivity contribution is 0.207. The lowest BCUT2D eigenvalue weighted by Gasteiger charge is -2.33. The molecule has 0 aliphatic rings. The van der Waals surface area contributed by atoms with E-state index in [4.69, 9.17) is 4.43 Å². The topological polar surface area (TPSA) is 9.23 Å². The predicted molar refractivity (Wildman–Crippen MR) is 121 cm³/mol. The summed E-state index contributed by atoms with van der Waals surface area (Å²) in [6.07, 6.45) is -0.190. The van der Waals surface area contributed by atoms with Gasteiger partial charge in [-0.1, -0.05) is 110 Å². The van der Waals surface area contributed by atoms with E-state index in [-0.39, 0.29) is 12.0 Å². The molecule has 1 unspecified atom stereocenters. The van der Waals surface area contributed by atoms with Crippen LogP contribution in [-0.4, -0.2) is 14.4 Å². The van der Waals surface area contributed by atoms with Crippen LogP contribution in [0.2, 0.25) is 0 Å². The maximum Gasteiger partial charge on any atom is 0.281 e. The molecule has 0 radical (unpaired) electrons. The smallest absolute Gasteiger partial charge is 0.281 e. The van der Waals surface area contributed by atoms with Crippen molar-refractivity contribution < 1.29 is 4.43 Å². The van der Waals surface area contributed by atoms with Gasteiger partial charge in [0.1, 0.15) is 6.10 Å². The van der Waals surface area contributed by atoms with E-state index in [0.717, 1.165) is 5.56 Å². The van der Waals surface area contributed by atoms with Gasteiger partial charge in [0.05, 0.1) is 0 Å². The molecule has 0 aromatic heterocycles. The van der Waals surface area contributed by atoms with Crippen molar-refractivity contribution in [3.8, 4) is 11.8 Å². The predicted octanol–water partition coefficient (Wildman–Crippen LogP) is 4.56. The van der Waals surface area contributed by atoms with Gasteiger partial charge in [0, 0.05) is 5.56 Å². The highest BCUT2D eigenvalue weighted by Gasteiger charge is 2.39. The monoisotopic (exact) mass is 382 g/mol. The van der Waals surface area contributed by atoms with Crippen LogP contribution in [0.1, 0.15) is 19.4 Å². The van der Waals surface area contributed by atoms with Crippen molar-refractivity contribution in [2.75, 3.05) is 0 Å². The van der Waals surface area contributed by atoms with Gasteiger partial charge in [0.15, 0.2) is 0 Å². The quantitative estimate of drug-likeness (QED) is 0.448. The van der Waals surface area contributed by atoms with Gasteiger partial charge in [-0.2, -0.15) is 0 Å². The van der Waals surface area contributed by atoms with Gasteiger partial charge in [-0.05, 0) is 28.4 Å². The minimum atomic E-state index is -2.62. The molecule has 0 bridgehead atoms. The molecule has 2 heteroatoms. The standard InChI is InChI=1S/C26H26OSi/c1-4-28(24-16-10-6-11-17-24,25-18-12-7-13-19-25)27-26(22(2)3)21-20-23-14-8-5-9-15-23/h4-19,22,26H,1H2,2-3H3. The molecule has 1 atom stereocenters. The largest absolute Gasteiger partial charge is 0.390 e. The van der Waals surface area contributed by atoms with E-state index in [0.29, 0.717) is 0 Å². The minimum Gasteiger partial charge on any atom is -0.390 e. The Morgan fingerprint density at radius 2 is 1.25 bits per heavy atom. The first-order valence-corrected chi connectivity index (χ1v) is 11.6.